The van der Waals surface area contributed by atoms with Crippen molar-refractivity contribution in [2.45, 2.75) is 32.3 Å². The Balaban J connectivity index is 1.45. The van der Waals surface area contributed by atoms with Crippen molar-refractivity contribution >= 4 is 45.5 Å². The zero-order chi connectivity index (χ0) is 18.3. The number of imidazole rings is 1. The van der Waals surface area contributed by atoms with Gasteiger partial charge in [-0.05, 0) is 49.4 Å². The molecule has 8 heteroatoms. The normalized spacial score (nSPS) is 14.2. The van der Waals surface area contributed by atoms with Crippen molar-refractivity contribution in [2.75, 3.05) is 5.32 Å². The Morgan fingerprint density at radius 3 is 3.00 bits per heavy atom. The lowest BCUT2D eigenvalue weighted by Crippen LogP contribution is -2.30. The summed E-state index contributed by atoms with van der Waals surface area (Å²) in [6.45, 7) is 1.53. The largest absolute Gasteiger partial charge is 0.448 e. The van der Waals surface area contributed by atoms with Crippen LogP contribution in [0.25, 0.3) is 4.96 Å². The zero-order valence-corrected chi connectivity index (χ0v) is 15.6. The lowest BCUT2D eigenvalue weighted by Gasteiger charge is -2.14. The maximum atomic E-state index is 12.4. The molecule has 0 fully saturated rings. The van der Waals surface area contributed by atoms with E-state index in [4.69, 9.17) is 16.3 Å². The summed E-state index contributed by atoms with van der Waals surface area (Å²) in [4.78, 5) is 29.5. The number of carbonyl (C=O) groups excluding carboxylic acids is 2. The number of fused-ring (bicyclic) bond motifs is 2. The Morgan fingerprint density at radius 2 is 2.15 bits per heavy atom. The molecule has 2 aromatic heterocycles. The fourth-order valence-corrected chi connectivity index (χ4v) is 4.12. The second-order valence-corrected chi connectivity index (χ2v) is 7.41. The highest BCUT2D eigenvalue weighted by atomic mass is 35.5. The van der Waals surface area contributed by atoms with Crippen molar-refractivity contribution in [1.29, 1.82) is 0 Å². The summed E-state index contributed by atoms with van der Waals surface area (Å²) in [6.07, 6.45) is 3.98. The van der Waals surface area contributed by atoms with Crippen LogP contribution < -0.4 is 5.32 Å². The molecule has 1 aromatic carbocycles. The number of nitrogens with zero attached hydrogens (tertiary/aromatic N) is 2. The van der Waals surface area contributed by atoms with E-state index in [2.05, 4.69) is 10.3 Å². The molecule has 3 aromatic rings. The maximum Gasteiger partial charge on any atom is 0.359 e. The molecule has 134 valence electrons. The first-order valence-electron chi connectivity index (χ1n) is 8.27. The van der Waals surface area contributed by atoms with E-state index in [1.807, 2.05) is 18.2 Å². The van der Waals surface area contributed by atoms with E-state index in [1.165, 1.54) is 29.4 Å². The van der Waals surface area contributed by atoms with Gasteiger partial charge in [0, 0.05) is 17.3 Å². The van der Waals surface area contributed by atoms with Crippen molar-refractivity contribution in [2.24, 2.45) is 0 Å². The number of aryl methyl sites for hydroxylation is 2. The molecular formula is C18H16ClN3O3S. The van der Waals surface area contributed by atoms with Gasteiger partial charge in [0.2, 0.25) is 0 Å². The van der Waals surface area contributed by atoms with E-state index in [-0.39, 0.29) is 10.8 Å². The van der Waals surface area contributed by atoms with Gasteiger partial charge in [0.05, 0.1) is 0 Å². The molecule has 0 radical (unpaired) electrons. The van der Waals surface area contributed by atoms with Crippen molar-refractivity contribution in [3.63, 3.8) is 0 Å². The Hall–Kier alpha value is -2.38. The predicted molar refractivity (Wildman–Crippen MR) is 100 cm³/mol. The molecule has 6 nitrogen and oxygen atoms in total. The van der Waals surface area contributed by atoms with E-state index in [1.54, 1.807) is 16.0 Å². The number of ether oxygens (including phenoxy) is 1. The first-order valence-corrected chi connectivity index (χ1v) is 9.53. The van der Waals surface area contributed by atoms with Gasteiger partial charge in [-0.1, -0.05) is 17.7 Å². The van der Waals surface area contributed by atoms with Crippen LogP contribution in [0.1, 0.15) is 35.0 Å². The minimum atomic E-state index is -0.962. The number of thiazole rings is 1. The van der Waals surface area contributed by atoms with Crippen LogP contribution in [0.15, 0.2) is 29.8 Å². The third-order valence-electron chi connectivity index (χ3n) is 4.43. The highest BCUT2D eigenvalue weighted by molar-refractivity contribution is 7.15. The number of aromatic nitrogens is 2. The number of carbonyl (C=O) groups is 2. The third-order valence-corrected chi connectivity index (χ3v) is 5.45. The molecule has 1 atom stereocenters. The summed E-state index contributed by atoms with van der Waals surface area (Å²) >= 11 is 7.38. The molecule has 0 unspecified atom stereocenters. The van der Waals surface area contributed by atoms with E-state index in [0.717, 1.165) is 19.3 Å². The van der Waals surface area contributed by atoms with Crippen molar-refractivity contribution in [1.82, 2.24) is 9.38 Å². The molecule has 1 aliphatic rings. The van der Waals surface area contributed by atoms with Gasteiger partial charge >= 0.3 is 5.97 Å². The lowest BCUT2D eigenvalue weighted by atomic mass is 10.1. The number of amides is 1. The summed E-state index contributed by atoms with van der Waals surface area (Å²) < 4.78 is 6.84. The highest BCUT2D eigenvalue weighted by Crippen LogP contribution is 2.25. The minimum absolute atomic E-state index is 0.0630. The monoisotopic (exact) mass is 389 g/mol. The van der Waals surface area contributed by atoms with E-state index >= 15 is 0 Å². The van der Waals surface area contributed by atoms with Crippen LogP contribution >= 0.6 is 22.9 Å². The summed E-state index contributed by atoms with van der Waals surface area (Å²) in [5, 5.41) is 4.65. The lowest BCUT2D eigenvalue weighted by molar-refractivity contribution is -0.123. The number of rotatable bonds is 4. The van der Waals surface area contributed by atoms with Gasteiger partial charge in [-0.3, -0.25) is 9.20 Å². The zero-order valence-electron chi connectivity index (χ0n) is 14.0. The first-order chi connectivity index (χ1) is 12.5. The molecule has 26 heavy (non-hydrogen) atoms. The Labute approximate surface area is 158 Å². The summed E-state index contributed by atoms with van der Waals surface area (Å²) in [7, 11) is 0. The SMILES string of the molecule is C[C@H](OC(=O)c1c(Cl)nc2sccn12)C(=O)Nc1ccc2c(c1)CCC2. The summed E-state index contributed by atoms with van der Waals surface area (Å²) in [6, 6.07) is 5.89. The van der Waals surface area contributed by atoms with Crippen molar-refractivity contribution in [3.05, 3.63) is 51.7 Å². The Kier molecular flexibility index (Phi) is 4.42. The van der Waals surface area contributed by atoms with Crippen LogP contribution in [-0.2, 0) is 22.4 Å². The van der Waals surface area contributed by atoms with Crippen LogP contribution in [0, 0.1) is 0 Å². The fraction of sp³-hybridized carbons (Fsp3) is 0.278. The van der Waals surface area contributed by atoms with Gasteiger partial charge in [-0.25, -0.2) is 9.78 Å². The van der Waals surface area contributed by atoms with E-state index in [0.29, 0.717) is 10.6 Å². The topological polar surface area (TPSA) is 72.7 Å². The number of hydrogen-bond donors (Lipinski definition) is 1. The summed E-state index contributed by atoms with van der Waals surface area (Å²) in [5.41, 5.74) is 3.43. The number of anilines is 1. The molecule has 0 bridgehead atoms. The number of nitrogens with one attached hydrogen (secondary N) is 1. The van der Waals surface area contributed by atoms with E-state index < -0.39 is 18.0 Å². The average Bonchev–Trinajstić information content (AvgIpc) is 3.29. The van der Waals surface area contributed by atoms with Crippen LogP contribution in [0.2, 0.25) is 5.15 Å². The van der Waals surface area contributed by atoms with Crippen LogP contribution in [0.3, 0.4) is 0 Å². The van der Waals surface area contributed by atoms with Crippen LogP contribution in [-0.4, -0.2) is 27.4 Å². The highest BCUT2D eigenvalue weighted by Gasteiger charge is 2.25. The van der Waals surface area contributed by atoms with Gasteiger partial charge < -0.3 is 10.1 Å². The second-order valence-electron chi connectivity index (χ2n) is 6.18. The van der Waals surface area contributed by atoms with Gasteiger partial charge in [0.1, 0.15) is 0 Å². The van der Waals surface area contributed by atoms with Gasteiger partial charge in [-0.2, -0.15) is 0 Å². The molecule has 2 heterocycles. The number of esters is 1. The van der Waals surface area contributed by atoms with Crippen LogP contribution in [0.4, 0.5) is 5.69 Å². The smallest absolute Gasteiger partial charge is 0.359 e. The molecule has 1 N–H and O–H groups in total. The van der Waals surface area contributed by atoms with Gasteiger partial charge in [0.15, 0.2) is 21.9 Å². The Morgan fingerprint density at radius 1 is 1.35 bits per heavy atom. The van der Waals surface area contributed by atoms with Crippen molar-refractivity contribution < 1.29 is 14.3 Å². The quantitative estimate of drug-likeness (QED) is 0.690. The third kappa shape index (κ3) is 3.08. The maximum absolute atomic E-state index is 12.4. The van der Waals surface area contributed by atoms with Gasteiger partial charge in [-0.15, -0.1) is 11.3 Å². The molecule has 1 aliphatic carbocycles. The molecule has 4 rings (SSSR count). The Bertz CT molecular complexity index is 1010. The fourth-order valence-electron chi connectivity index (χ4n) is 3.11. The molecule has 1 amide bonds. The molecule has 0 saturated heterocycles. The number of halogens is 1. The number of hydrogen-bond acceptors (Lipinski definition) is 5. The molecule has 0 aliphatic heterocycles. The van der Waals surface area contributed by atoms with Crippen molar-refractivity contribution in [3.8, 4) is 0 Å². The van der Waals surface area contributed by atoms with E-state index in [9.17, 15) is 9.59 Å². The second kappa shape index (κ2) is 6.74. The average molecular weight is 390 g/mol. The summed E-state index contributed by atoms with van der Waals surface area (Å²) in [5.74, 6) is -1.07. The predicted octanol–water partition coefficient (Wildman–Crippen LogP) is 3.72. The molecule has 0 spiro atoms. The standard InChI is InChI=1S/C18H16ClN3O3S/c1-10(16(23)20-13-6-5-11-3-2-4-12(11)9-13)25-17(24)14-15(19)21-18-22(14)7-8-26-18/h5-10H,2-4H2,1H3,(H,20,23)/t10-/m0/s1. The number of benzene rings is 1. The minimum Gasteiger partial charge on any atom is -0.448 e. The van der Waals surface area contributed by atoms with Crippen LogP contribution in [0.5, 0.6) is 0 Å². The molecule has 0 saturated carbocycles. The van der Waals surface area contributed by atoms with Gasteiger partial charge in [0.25, 0.3) is 5.91 Å². The first kappa shape index (κ1) is 17.1. The molecular weight excluding hydrogens is 374 g/mol.